The molecule has 9 nitrogen and oxygen atoms in total. The summed E-state index contributed by atoms with van der Waals surface area (Å²) in [4.78, 5) is 25.3. The summed E-state index contributed by atoms with van der Waals surface area (Å²) in [6.07, 6.45) is 0. The van der Waals surface area contributed by atoms with Crippen LogP contribution in [0.3, 0.4) is 0 Å². The molecule has 1 aliphatic heterocycles. The molecule has 3 N–H and O–H groups in total. The standard InChI is InChI=1S/C24H32N4O5S/c1-17-9-10-18(15-21(17)34(31,32)28-11-13-33-14-12-28)26-22(29)16-25-20-8-6-5-7-19(20)23(30)27-24(2,3)4/h5-10,15,25H,11-14,16H2,1-4H3,(H,26,29)(H,27,30). The Morgan fingerprint density at radius 1 is 1.06 bits per heavy atom. The van der Waals surface area contributed by atoms with Crippen LogP contribution >= 0.6 is 0 Å². The molecule has 1 heterocycles. The van der Waals surface area contributed by atoms with Crippen molar-refractivity contribution in [3.8, 4) is 0 Å². The van der Waals surface area contributed by atoms with Crippen LogP contribution < -0.4 is 16.0 Å². The number of hydrogen-bond donors (Lipinski definition) is 3. The maximum absolute atomic E-state index is 13.1. The maximum Gasteiger partial charge on any atom is 0.253 e. The van der Waals surface area contributed by atoms with E-state index < -0.39 is 15.6 Å². The molecular weight excluding hydrogens is 456 g/mol. The highest BCUT2D eigenvalue weighted by atomic mass is 32.2. The lowest BCUT2D eigenvalue weighted by Crippen LogP contribution is -2.41. The van der Waals surface area contributed by atoms with Gasteiger partial charge in [-0.2, -0.15) is 4.31 Å². The highest BCUT2D eigenvalue weighted by Gasteiger charge is 2.28. The Kier molecular flexibility index (Phi) is 7.96. The minimum Gasteiger partial charge on any atom is -0.379 e. The molecule has 0 saturated carbocycles. The second kappa shape index (κ2) is 10.5. The Hall–Kier alpha value is -2.95. The van der Waals surface area contributed by atoms with E-state index in [4.69, 9.17) is 4.74 Å². The lowest BCUT2D eigenvalue weighted by Gasteiger charge is -2.26. The molecule has 1 saturated heterocycles. The number of ether oxygens (including phenoxy) is 1. The SMILES string of the molecule is Cc1ccc(NC(=O)CNc2ccccc2C(=O)NC(C)(C)C)cc1S(=O)(=O)N1CCOCC1. The summed E-state index contributed by atoms with van der Waals surface area (Å²) in [6.45, 7) is 8.61. The van der Waals surface area contributed by atoms with Gasteiger partial charge in [0.1, 0.15) is 0 Å². The smallest absolute Gasteiger partial charge is 0.253 e. The van der Waals surface area contributed by atoms with E-state index in [1.807, 2.05) is 20.8 Å². The van der Waals surface area contributed by atoms with E-state index in [0.717, 1.165) is 0 Å². The number of carbonyl (C=O) groups excluding carboxylic acids is 2. The molecule has 184 valence electrons. The van der Waals surface area contributed by atoms with E-state index in [1.54, 1.807) is 43.3 Å². The number of para-hydroxylation sites is 1. The number of rotatable bonds is 7. The van der Waals surface area contributed by atoms with Crippen LogP contribution in [0.25, 0.3) is 0 Å². The monoisotopic (exact) mass is 488 g/mol. The van der Waals surface area contributed by atoms with Gasteiger partial charge < -0.3 is 20.7 Å². The van der Waals surface area contributed by atoms with Crippen molar-refractivity contribution in [2.75, 3.05) is 43.5 Å². The molecule has 0 unspecified atom stereocenters. The van der Waals surface area contributed by atoms with Gasteiger partial charge in [0.05, 0.1) is 30.2 Å². The molecule has 0 spiro atoms. The van der Waals surface area contributed by atoms with Crippen molar-refractivity contribution in [2.45, 2.75) is 38.1 Å². The zero-order chi connectivity index (χ0) is 24.9. The van der Waals surface area contributed by atoms with Crippen LogP contribution in [0.2, 0.25) is 0 Å². The quantitative estimate of drug-likeness (QED) is 0.552. The minimum atomic E-state index is -3.69. The van der Waals surface area contributed by atoms with Crippen LogP contribution in [0.4, 0.5) is 11.4 Å². The molecule has 34 heavy (non-hydrogen) atoms. The topological polar surface area (TPSA) is 117 Å². The van der Waals surface area contributed by atoms with Crippen LogP contribution in [0.15, 0.2) is 47.4 Å². The van der Waals surface area contributed by atoms with Crippen molar-refractivity contribution in [3.63, 3.8) is 0 Å². The van der Waals surface area contributed by atoms with Gasteiger partial charge >= 0.3 is 0 Å². The van der Waals surface area contributed by atoms with Crippen molar-refractivity contribution in [1.82, 2.24) is 9.62 Å². The highest BCUT2D eigenvalue weighted by molar-refractivity contribution is 7.89. The minimum absolute atomic E-state index is 0.0980. The molecule has 10 heteroatoms. The molecular formula is C24H32N4O5S. The predicted octanol–water partition coefficient (Wildman–Crippen LogP) is 2.59. The summed E-state index contributed by atoms with van der Waals surface area (Å²) in [5, 5.41) is 8.63. The molecule has 0 radical (unpaired) electrons. The summed E-state index contributed by atoms with van der Waals surface area (Å²) in [7, 11) is -3.69. The second-order valence-electron chi connectivity index (χ2n) is 9.15. The van der Waals surface area contributed by atoms with Crippen molar-refractivity contribution >= 4 is 33.2 Å². The summed E-state index contributed by atoms with van der Waals surface area (Å²) >= 11 is 0. The summed E-state index contributed by atoms with van der Waals surface area (Å²) < 4.78 is 32.8. The third-order valence-electron chi connectivity index (χ3n) is 5.16. The lowest BCUT2D eigenvalue weighted by atomic mass is 10.1. The molecule has 0 aliphatic carbocycles. The fourth-order valence-electron chi connectivity index (χ4n) is 3.51. The number of hydrogen-bond acceptors (Lipinski definition) is 6. The van der Waals surface area contributed by atoms with E-state index in [2.05, 4.69) is 16.0 Å². The van der Waals surface area contributed by atoms with Gasteiger partial charge in [0.2, 0.25) is 15.9 Å². The number of benzene rings is 2. The average Bonchev–Trinajstić information content (AvgIpc) is 2.78. The lowest BCUT2D eigenvalue weighted by molar-refractivity contribution is -0.114. The van der Waals surface area contributed by atoms with Gasteiger partial charge in [-0.05, 0) is 57.5 Å². The van der Waals surface area contributed by atoms with E-state index in [1.165, 1.54) is 10.4 Å². The highest BCUT2D eigenvalue weighted by Crippen LogP contribution is 2.24. The van der Waals surface area contributed by atoms with Crippen LogP contribution in [0, 0.1) is 6.92 Å². The van der Waals surface area contributed by atoms with Crippen molar-refractivity contribution < 1.29 is 22.7 Å². The molecule has 0 bridgehead atoms. The van der Waals surface area contributed by atoms with Crippen LogP contribution in [-0.2, 0) is 19.6 Å². The predicted molar refractivity (Wildman–Crippen MR) is 132 cm³/mol. The summed E-state index contributed by atoms with van der Waals surface area (Å²) in [5.74, 6) is -0.614. The Morgan fingerprint density at radius 3 is 2.41 bits per heavy atom. The summed E-state index contributed by atoms with van der Waals surface area (Å²) in [6, 6.07) is 11.7. The molecule has 2 aromatic carbocycles. The molecule has 1 aliphatic rings. The van der Waals surface area contributed by atoms with Gasteiger partial charge in [-0.25, -0.2) is 8.42 Å². The Balaban J connectivity index is 1.69. The first-order valence-electron chi connectivity index (χ1n) is 11.1. The van der Waals surface area contributed by atoms with Gasteiger partial charge in [-0.1, -0.05) is 18.2 Å². The van der Waals surface area contributed by atoms with Gasteiger partial charge in [-0.15, -0.1) is 0 Å². The Labute approximate surface area is 200 Å². The number of carbonyl (C=O) groups is 2. The van der Waals surface area contributed by atoms with Gasteiger partial charge in [0.25, 0.3) is 5.91 Å². The first-order valence-corrected chi connectivity index (χ1v) is 12.6. The molecule has 0 aromatic heterocycles. The van der Waals surface area contributed by atoms with Gasteiger partial charge in [0, 0.05) is 30.0 Å². The average molecular weight is 489 g/mol. The molecule has 1 fully saturated rings. The van der Waals surface area contributed by atoms with Crippen LogP contribution in [0.1, 0.15) is 36.7 Å². The number of anilines is 2. The fourth-order valence-corrected chi connectivity index (χ4v) is 5.16. The number of morpholine rings is 1. The van der Waals surface area contributed by atoms with Crippen LogP contribution in [0.5, 0.6) is 0 Å². The van der Waals surface area contributed by atoms with Gasteiger partial charge in [0.15, 0.2) is 0 Å². The van der Waals surface area contributed by atoms with E-state index in [-0.39, 0.29) is 23.3 Å². The molecule has 2 amide bonds. The fraction of sp³-hybridized carbons (Fsp3) is 0.417. The first-order chi connectivity index (χ1) is 16.0. The van der Waals surface area contributed by atoms with Gasteiger partial charge in [-0.3, -0.25) is 9.59 Å². The number of nitrogens with zero attached hydrogens (tertiary/aromatic N) is 1. The third kappa shape index (κ3) is 6.55. The zero-order valence-corrected chi connectivity index (χ0v) is 20.8. The van der Waals surface area contributed by atoms with E-state index in [9.17, 15) is 18.0 Å². The number of amides is 2. The number of aryl methyl sites for hydroxylation is 1. The maximum atomic E-state index is 13.1. The largest absolute Gasteiger partial charge is 0.379 e. The Morgan fingerprint density at radius 2 is 1.74 bits per heavy atom. The van der Waals surface area contributed by atoms with Crippen LogP contribution in [-0.4, -0.2) is 62.9 Å². The zero-order valence-electron chi connectivity index (χ0n) is 20.0. The third-order valence-corrected chi connectivity index (χ3v) is 7.20. The normalized spacial score (nSPS) is 14.9. The first kappa shape index (κ1) is 25.7. The van der Waals surface area contributed by atoms with Crippen molar-refractivity contribution in [2.24, 2.45) is 0 Å². The summed E-state index contributed by atoms with van der Waals surface area (Å²) in [5.41, 5.74) is 1.54. The van der Waals surface area contributed by atoms with Crippen molar-refractivity contribution in [1.29, 1.82) is 0 Å². The second-order valence-corrected chi connectivity index (χ2v) is 11.1. The molecule has 2 aromatic rings. The van der Waals surface area contributed by atoms with E-state index >= 15 is 0 Å². The number of nitrogens with one attached hydrogen (secondary N) is 3. The van der Waals surface area contributed by atoms with Crippen molar-refractivity contribution in [3.05, 3.63) is 53.6 Å². The number of sulfonamides is 1. The molecule has 0 atom stereocenters. The molecule has 3 rings (SSSR count). The Bertz CT molecular complexity index is 1150. The van der Waals surface area contributed by atoms with E-state index in [0.29, 0.717) is 48.8 Å².